The molecule has 0 aromatic heterocycles. The fraction of sp³-hybridized carbons (Fsp3) is 0.444. The highest BCUT2D eigenvalue weighted by Gasteiger charge is 2.03. The standard InChI is InChI=1S/C18H26O3/c1-5-6-7-14(2)12-16(19)10-8-15-9-11-17(20-3)18(13-15)21-4/h8-14,19H,5-7H2,1-4H3/b10-8+,16-12?. The Balaban J connectivity index is 2.73. The molecule has 1 atom stereocenters. The van der Waals surface area contributed by atoms with Crippen molar-refractivity contribution in [3.8, 4) is 11.5 Å². The van der Waals surface area contributed by atoms with Crippen LogP contribution in [0.3, 0.4) is 0 Å². The van der Waals surface area contributed by atoms with E-state index < -0.39 is 0 Å². The summed E-state index contributed by atoms with van der Waals surface area (Å²) in [5.74, 6) is 2.07. The van der Waals surface area contributed by atoms with E-state index in [1.54, 1.807) is 20.3 Å². The molecule has 1 aromatic carbocycles. The smallest absolute Gasteiger partial charge is 0.161 e. The number of allylic oxidation sites excluding steroid dienone is 2. The maximum Gasteiger partial charge on any atom is 0.161 e. The van der Waals surface area contributed by atoms with Gasteiger partial charge in [0.05, 0.1) is 14.2 Å². The number of ether oxygens (including phenoxy) is 2. The number of aliphatic hydroxyl groups excluding tert-OH is 1. The first-order valence-corrected chi connectivity index (χ1v) is 7.41. The lowest BCUT2D eigenvalue weighted by atomic mass is 10.0. The van der Waals surface area contributed by atoms with E-state index in [-0.39, 0.29) is 0 Å². The van der Waals surface area contributed by atoms with Gasteiger partial charge in [-0.1, -0.05) is 38.8 Å². The zero-order valence-corrected chi connectivity index (χ0v) is 13.4. The fourth-order valence-electron chi connectivity index (χ4n) is 2.09. The number of benzene rings is 1. The van der Waals surface area contributed by atoms with Gasteiger partial charge in [0, 0.05) is 0 Å². The molecular formula is C18H26O3. The number of methoxy groups -OCH3 is 2. The molecule has 1 N–H and O–H groups in total. The number of rotatable bonds is 8. The van der Waals surface area contributed by atoms with Gasteiger partial charge in [-0.3, -0.25) is 0 Å². The molecule has 0 saturated heterocycles. The molecule has 116 valence electrons. The summed E-state index contributed by atoms with van der Waals surface area (Å²) in [6, 6.07) is 5.65. The Morgan fingerprint density at radius 2 is 1.95 bits per heavy atom. The van der Waals surface area contributed by atoms with E-state index in [9.17, 15) is 5.11 Å². The van der Waals surface area contributed by atoms with Gasteiger partial charge < -0.3 is 14.6 Å². The molecule has 1 unspecified atom stereocenters. The summed E-state index contributed by atoms with van der Waals surface area (Å²) in [4.78, 5) is 0. The van der Waals surface area contributed by atoms with Crippen LogP contribution in [0.15, 0.2) is 36.1 Å². The molecule has 0 aliphatic rings. The maximum absolute atomic E-state index is 9.93. The average molecular weight is 290 g/mol. The van der Waals surface area contributed by atoms with Gasteiger partial charge in [-0.2, -0.15) is 0 Å². The summed E-state index contributed by atoms with van der Waals surface area (Å²) in [5, 5.41) is 9.93. The summed E-state index contributed by atoms with van der Waals surface area (Å²) < 4.78 is 10.5. The van der Waals surface area contributed by atoms with Crippen LogP contribution in [0.4, 0.5) is 0 Å². The van der Waals surface area contributed by atoms with Crippen LogP contribution in [0, 0.1) is 5.92 Å². The molecule has 1 aromatic rings. The quantitative estimate of drug-likeness (QED) is 0.541. The Hall–Kier alpha value is -1.90. The maximum atomic E-state index is 9.93. The zero-order chi connectivity index (χ0) is 15.7. The Bertz CT molecular complexity index is 489. The molecule has 0 radical (unpaired) electrons. The normalized spacial score (nSPS) is 13.4. The summed E-state index contributed by atoms with van der Waals surface area (Å²) in [6.45, 7) is 4.30. The third-order valence-electron chi connectivity index (χ3n) is 3.32. The van der Waals surface area contributed by atoms with Crippen LogP contribution in [0.1, 0.15) is 38.7 Å². The van der Waals surface area contributed by atoms with E-state index in [4.69, 9.17) is 9.47 Å². The topological polar surface area (TPSA) is 38.7 Å². The summed E-state index contributed by atoms with van der Waals surface area (Å²) >= 11 is 0. The molecule has 21 heavy (non-hydrogen) atoms. The molecule has 3 nitrogen and oxygen atoms in total. The highest BCUT2D eigenvalue weighted by atomic mass is 16.5. The van der Waals surface area contributed by atoms with Crippen molar-refractivity contribution in [2.75, 3.05) is 14.2 Å². The molecule has 0 fully saturated rings. The van der Waals surface area contributed by atoms with Gasteiger partial charge >= 0.3 is 0 Å². The van der Waals surface area contributed by atoms with Gasteiger partial charge in [-0.25, -0.2) is 0 Å². The Labute approximate surface area is 127 Å². The van der Waals surface area contributed by atoms with Crippen molar-refractivity contribution in [2.24, 2.45) is 5.92 Å². The predicted octanol–water partition coefficient (Wildman–Crippen LogP) is 4.99. The minimum absolute atomic E-state index is 0.299. The van der Waals surface area contributed by atoms with Crippen molar-refractivity contribution < 1.29 is 14.6 Å². The number of hydrogen-bond acceptors (Lipinski definition) is 3. The van der Waals surface area contributed by atoms with Crippen LogP contribution >= 0.6 is 0 Å². The summed E-state index contributed by atoms with van der Waals surface area (Å²) in [7, 11) is 3.22. The average Bonchev–Trinajstić information content (AvgIpc) is 2.50. The minimum Gasteiger partial charge on any atom is -0.508 e. The van der Waals surface area contributed by atoms with Crippen LogP contribution in [-0.2, 0) is 0 Å². The summed E-state index contributed by atoms with van der Waals surface area (Å²) in [5.41, 5.74) is 0.953. The van der Waals surface area contributed by atoms with E-state index in [0.717, 1.165) is 12.0 Å². The molecule has 0 bridgehead atoms. The Morgan fingerprint density at radius 3 is 2.57 bits per heavy atom. The van der Waals surface area contributed by atoms with Crippen molar-refractivity contribution in [1.82, 2.24) is 0 Å². The van der Waals surface area contributed by atoms with Crippen molar-refractivity contribution in [2.45, 2.75) is 33.1 Å². The van der Waals surface area contributed by atoms with Crippen LogP contribution in [0.25, 0.3) is 6.08 Å². The third kappa shape index (κ3) is 5.94. The van der Waals surface area contributed by atoms with Crippen LogP contribution in [0.5, 0.6) is 11.5 Å². The van der Waals surface area contributed by atoms with Crippen molar-refractivity contribution in [3.63, 3.8) is 0 Å². The highest BCUT2D eigenvalue weighted by Crippen LogP contribution is 2.28. The first kappa shape index (κ1) is 17.2. The minimum atomic E-state index is 0.299. The van der Waals surface area contributed by atoms with Crippen LogP contribution < -0.4 is 9.47 Å². The van der Waals surface area contributed by atoms with E-state index in [0.29, 0.717) is 23.2 Å². The largest absolute Gasteiger partial charge is 0.508 e. The molecule has 1 rings (SSSR count). The van der Waals surface area contributed by atoms with E-state index in [1.807, 2.05) is 30.4 Å². The monoisotopic (exact) mass is 290 g/mol. The SMILES string of the molecule is CCCCC(C)C=C(O)/C=C/c1ccc(OC)c(OC)c1. The van der Waals surface area contributed by atoms with Gasteiger partial charge in [0.1, 0.15) is 5.76 Å². The lowest BCUT2D eigenvalue weighted by Gasteiger charge is -2.07. The van der Waals surface area contributed by atoms with Crippen molar-refractivity contribution in [3.05, 3.63) is 41.7 Å². The van der Waals surface area contributed by atoms with Gasteiger partial charge in [0.25, 0.3) is 0 Å². The molecule has 0 aliphatic carbocycles. The molecule has 0 amide bonds. The first-order valence-electron chi connectivity index (χ1n) is 7.41. The van der Waals surface area contributed by atoms with Gasteiger partial charge in [0.2, 0.25) is 0 Å². The van der Waals surface area contributed by atoms with Crippen LogP contribution in [-0.4, -0.2) is 19.3 Å². The van der Waals surface area contributed by atoms with Crippen molar-refractivity contribution in [1.29, 1.82) is 0 Å². The molecule has 3 heteroatoms. The second-order valence-electron chi connectivity index (χ2n) is 5.16. The number of unbranched alkanes of at least 4 members (excludes halogenated alkanes) is 1. The summed E-state index contributed by atoms with van der Waals surface area (Å²) in [6.07, 6.45) is 8.94. The second kappa shape index (κ2) is 9.11. The Morgan fingerprint density at radius 1 is 1.24 bits per heavy atom. The van der Waals surface area contributed by atoms with E-state index >= 15 is 0 Å². The van der Waals surface area contributed by atoms with E-state index in [2.05, 4.69) is 13.8 Å². The van der Waals surface area contributed by atoms with Gasteiger partial charge in [0.15, 0.2) is 11.5 Å². The van der Waals surface area contributed by atoms with Gasteiger partial charge in [-0.15, -0.1) is 0 Å². The van der Waals surface area contributed by atoms with Crippen molar-refractivity contribution >= 4 is 6.08 Å². The van der Waals surface area contributed by atoms with E-state index in [1.165, 1.54) is 12.8 Å². The highest BCUT2D eigenvalue weighted by molar-refractivity contribution is 5.57. The third-order valence-corrected chi connectivity index (χ3v) is 3.32. The van der Waals surface area contributed by atoms with Gasteiger partial charge in [-0.05, 0) is 42.2 Å². The number of aliphatic hydroxyl groups is 1. The second-order valence-corrected chi connectivity index (χ2v) is 5.16. The molecule has 0 heterocycles. The lowest BCUT2D eigenvalue weighted by Crippen LogP contribution is -1.91. The zero-order valence-electron chi connectivity index (χ0n) is 13.4. The van der Waals surface area contributed by atoms with Crippen LogP contribution in [0.2, 0.25) is 0 Å². The molecule has 0 saturated carbocycles. The molecule has 0 spiro atoms. The number of hydrogen-bond donors (Lipinski definition) is 1. The molecular weight excluding hydrogens is 264 g/mol. The first-order chi connectivity index (χ1) is 10.1. The Kier molecular flexibility index (Phi) is 7.44. The fourth-order valence-corrected chi connectivity index (χ4v) is 2.09. The lowest BCUT2D eigenvalue weighted by molar-refractivity contribution is 0.355. The molecule has 0 aliphatic heterocycles. The predicted molar refractivity (Wildman–Crippen MR) is 88.0 cm³/mol.